The summed E-state index contributed by atoms with van der Waals surface area (Å²) in [6.07, 6.45) is 9.01. The summed E-state index contributed by atoms with van der Waals surface area (Å²) in [6, 6.07) is 7.58. The second kappa shape index (κ2) is 9.56. The molecule has 3 heterocycles. The molecule has 1 fully saturated rings. The van der Waals surface area contributed by atoms with Gasteiger partial charge in [-0.25, -0.2) is 4.98 Å². The second-order valence-electron chi connectivity index (χ2n) is 7.49. The van der Waals surface area contributed by atoms with Gasteiger partial charge < -0.3 is 24.0 Å². The van der Waals surface area contributed by atoms with Crippen molar-refractivity contribution < 1.29 is 24.2 Å². The van der Waals surface area contributed by atoms with E-state index in [2.05, 4.69) is 9.97 Å². The number of Topliss-reactive ketones (excluding diaryl/α,β-unsaturated/α-hetero) is 1. The van der Waals surface area contributed by atoms with Gasteiger partial charge in [0.25, 0.3) is 11.7 Å². The monoisotopic (exact) mass is 448 g/mol. The Hall–Kier alpha value is -4.14. The molecule has 0 bridgehead atoms. The molecule has 1 aliphatic rings. The van der Waals surface area contributed by atoms with Crippen molar-refractivity contribution in [2.75, 3.05) is 20.8 Å². The quantitative estimate of drug-likeness (QED) is 0.321. The smallest absolute Gasteiger partial charge is 0.295 e. The van der Waals surface area contributed by atoms with Gasteiger partial charge in [-0.05, 0) is 36.2 Å². The molecule has 3 aromatic rings. The number of ketones is 1. The molecule has 1 aromatic carbocycles. The average Bonchev–Trinajstić information content (AvgIpc) is 3.46. The predicted molar refractivity (Wildman–Crippen MR) is 120 cm³/mol. The van der Waals surface area contributed by atoms with E-state index in [0.717, 1.165) is 0 Å². The van der Waals surface area contributed by atoms with Crippen LogP contribution >= 0.6 is 0 Å². The summed E-state index contributed by atoms with van der Waals surface area (Å²) in [6.45, 7) is 0.963. The molecule has 0 unspecified atom stereocenters. The zero-order valence-corrected chi connectivity index (χ0v) is 18.3. The number of benzene rings is 1. The van der Waals surface area contributed by atoms with E-state index in [4.69, 9.17) is 9.47 Å². The molecular formula is C24H24N4O5. The molecule has 1 N–H and O–H groups in total. The zero-order chi connectivity index (χ0) is 23.4. The largest absolute Gasteiger partial charge is 0.507 e. The lowest BCUT2D eigenvalue weighted by molar-refractivity contribution is -0.139. The Balaban J connectivity index is 1.75. The maximum Gasteiger partial charge on any atom is 0.295 e. The van der Waals surface area contributed by atoms with Crippen molar-refractivity contribution in [1.82, 2.24) is 19.4 Å². The number of hydrogen-bond donors (Lipinski definition) is 1. The lowest BCUT2D eigenvalue weighted by Gasteiger charge is -2.25. The van der Waals surface area contributed by atoms with E-state index in [1.807, 2.05) is 10.8 Å². The van der Waals surface area contributed by atoms with Crippen molar-refractivity contribution >= 4 is 17.4 Å². The number of rotatable bonds is 8. The lowest BCUT2D eigenvalue weighted by atomic mass is 9.95. The highest BCUT2D eigenvalue weighted by Gasteiger charge is 2.46. The lowest BCUT2D eigenvalue weighted by Crippen LogP contribution is -2.31. The predicted octanol–water partition coefficient (Wildman–Crippen LogP) is 2.81. The highest BCUT2D eigenvalue weighted by molar-refractivity contribution is 6.46. The average molecular weight is 448 g/mol. The molecule has 9 nitrogen and oxygen atoms in total. The minimum Gasteiger partial charge on any atom is -0.507 e. The molecule has 0 spiro atoms. The molecule has 0 saturated carbocycles. The number of pyridine rings is 1. The van der Waals surface area contributed by atoms with E-state index in [0.29, 0.717) is 42.1 Å². The molecule has 2 aromatic heterocycles. The molecule has 170 valence electrons. The van der Waals surface area contributed by atoms with Crippen LogP contribution in [0.4, 0.5) is 0 Å². The summed E-state index contributed by atoms with van der Waals surface area (Å²) >= 11 is 0. The fraction of sp³-hybridized carbons (Fsp3) is 0.250. The van der Waals surface area contributed by atoms with Crippen LogP contribution in [0.15, 0.2) is 67.0 Å². The van der Waals surface area contributed by atoms with Crippen LogP contribution in [-0.4, -0.2) is 57.0 Å². The van der Waals surface area contributed by atoms with Gasteiger partial charge in [-0.2, -0.15) is 0 Å². The molecule has 4 rings (SSSR count). The van der Waals surface area contributed by atoms with Crippen molar-refractivity contribution in [3.05, 3.63) is 78.1 Å². The zero-order valence-electron chi connectivity index (χ0n) is 18.3. The number of methoxy groups -OCH3 is 2. The van der Waals surface area contributed by atoms with Crippen LogP contribution in [0.1, 0.15) is 23.6 Å². The number of ether oxygens (including phenoxy) is 2. The summed E-state index contributed by atoms with van der Waals surface area (Å²) in [5.74, 6) is -0.835. The molecular weight excluding hydrogens is 424 g/mol. The van der Waals surface area contributed by atoms with Crippen LogP contribution in [0.2, 0.25) is 0 Å². The normalized spacial score (nSPS) is 17.4. The van der Waals surface area contributed by atoms with E-state index in [-0.39, 0.29) is 11.3 Å². The van der Waals surface area contributed by atoms with Crippen LogP contribution < -0.4 is 9.47 Å². The van der Waals surface area contributed by atoms with Crippen molar-refractivity contribution in [3.63, 3.8) is 0 Å². The van der Waals surface area contributed by atoms with Crippen molar-refractivity contribution in [2.24, 2.45) is 0 Å². The minimum absolute atomic E-state index is 0.0114. The molecule has 0 radical (unpaired) electrons. The number of aromatic nitrogens is 3. The standard InChI is InChI=1S/C24H24N4O5/c1-32-17-4-5-18(19(14-17)33-2)22(29)20-21(16-6-8-25-9-7-16)28(24(31)23(20)30)12-3-11-27-13-10-26-15-27/h4-10,13-15,21,29H,3,11-12H2,1-2H3/t21-/m1/s1. The van der Waals surface area contributed by atoms with Crippen LogP contribution in [0, 0.1) is 0 Å². The van der Waals surface area contributed by atoms with E-state index in [1.165, 1.54) is 19.1 Å². The molecule has 9 heteroatoms. The molecule has 33 heavy (non-hydrogen) atoms. The van der Waals surface area contributed by atoms with Gasteiger partial charge in [0, 0.05) is 43.9 Å². The number of aryl methyl sites for hydroxylation is 1. The number of carbonyl (C=O) groups excluding carboxylic acids is 2. The molecule has 1 atom stereocenters. The minimum atomic E-state index is -0.748. The summed E-state index contributed by atoms with van der Waals surface area (Å²) in [4.78, 5) is 35.7. The number of aliphatic hydroxyl groups excluding tert-OH is 1. The third-order valence-electron chi connectivity index (χ3n) is 5.60. The van der Waals surface area contributed by atoms with Crippen LogP contribution in [-0.2, 0) is 16.1 Å². The fourth-order valence-electron chi connectivity index (χ4n) is 3.98. The first kappa shape index (κ1) is 22.1. The third-order valence-corrected chi connectivity index (χ3v) is 5.60. The van der Waals surface area contributed by atoms with Gasteiger partial charge in [0.15, 0.2) is 0 Å². The number of likely N-dealkylation sites (tertiary alicyclic amines) is 1. The van der Waals surface area contributed by atoms with E-state index < -0.39 is 17.7 Å². The topological polar surface area (TPSA) is 107 Å². The Kier molecular flexibility index (Phi) is 6.39. The highest BCUT2D eigenvalue weighted by atomic mass is 16.5. The van der Waals surface area contributed by atoms with Crippen molar-refractivity contribution in [3.8, 4) is 11.5 Å². The summed E-state index contributed by atoms with van der Waals surface area (Å²) < 4.78 is 12.5. The second-order valence-corrected chi connectivity index (χ2v) is 7.49. The maximum absolute atomic E-state index is 13.1. The van der Waals surface area contributed by atoms with Crippen molar-refractivity contribution in [2.45, 2.75) is 19.0 Å². The number of nitrogens with zero attached hydrogens (tertiary/aromatic N) is 4. The van der Waals surface area contributed by atoms with E-state index >= 15 is 0 Å². The van der Waals surface area contributed by atoms with Gasteiger partial charge >= 0.3 is 0 Å². The van der Waals surface area contributed by atoms with Gasteiger partial charge in [0.2, 0.25) is 0 Å². The first-order valence-electron chi connectivity index (χ1n) is 10.4. The van der Waals surface area contributed by atoms with Crippen LogP contribution in [0.5, 0.6) is 11.5 Å². The number of aliphatic hydroxyl groups is 1. The molecule has 1 amide bonds. The first-order valence-corrected chi connectivity index (χ1v) is 10.4. The summed E-state index contributed by atoms with van der Waals surface area (Å²) in [5.41, 5.74) is 0.993. The summed E-state index contributed by atoms with van der Waals surface area (Å²) in [7, 11) is 2.98. The van der Waals surface area contributed by atoms with Gasteiger partial charge in [-0.15, -0.1) is 0 Å². The number of imidazole rings is 1. The third kappa shape index (κ3) is 4.30. The summed E-state index contributed by atoms with van der Waals surface area (Å²) in [5, 5.41) is 11.2. The van der Waals surface area contributed by atoms with Gasteiger partial charge in [0.1, 0.15) is 17.3 Å². The van der Waals surface area contributed by atoms with Crippen LogP contribution in [0.25, 0.3) is 5.76 Å². The maximum atomic E-state index is 13.1. The first-order chi connectivity index (χ1) is 16.0. The number of hydrogen-bond acceptors (Lipinski definition) is 7. The van der Waals surface area contributed by atoms with E-state index in [1.54, 1.807) is 55.2 Å². The number of carbonyl (C=O) groups is 2. The molecule has 1 saturated heterocycles. The highest BCUT2D eigenvalue weighted by Crippen LogP contribution is 2.41. The Morgan fingerprint density at radius 1 is 1.03 bits per heavy atom. The Morgan fingerprint density at radius 2 is 1.82 bits per heavy atom. The fourth-order valence-corrected chi connectivity index (χ4v) is 3.98. The van der Waals surface area contributed by atoms with Gasteiger partial charge in [-0.1, -0.05) is 0 Å². The SMILES string of the molecule is COc1ccc(C(O)=C2C(=O)C(=O)N(CCCn3ccnc3)[C@@H]2c2ccncc2)c(OC)c1. The van der Waals surface area contributed by atoms with Crippen molar-refractivity contribution in [1.29, 1.82) is 0 Å². The number of amides is 1. The molecule has 0 aliphatic carbocycles. The Morgan fingerprint density at radius 3 is 2.48 bits per heavy atom. The van der Waals surface area contributed by atoms with Crippen LogP contribution in [0.3, 0.4) is 0 Å². The Labute approximate surface area is 190 Å². The Bertz CT molecular complexity index is 1170. The van der Waals surface area contributed by atoms with Gasteiger partial charge in [-0.3, -0.25) is 14.6 Å². The van der Waals surface area contributed by atoms with Gasteiger partial charge in [0.05, 0.1) is 37.7 Å². The van der Waals surface area contributed by atoms with E-state index in [9.17, 15) is 14.7 Å². The molecule has 1 aliphatic heterocycles.